The van der Waals surface area contributed by atoms with Gasteiger partial charge in [0.15, 0.2) is 5.69 Å². The Balaban J connectivity index is 2.24. The molecule has 1 heterocycles. The lowest BCUT2D eigenvalue weighted by molar-refractivity contribution is -0.140. The minimum absolute atomic E-state index is 0.0638. The van der Waals surface area contributed by atoms with E-state index >= 15 is 0 Å². The van der Waals surface area contributed by atoms with Crippen molar-refractivity contribution < 1.29 is 19.1 Å². The molecule has 24 heavy (non-hydrogen) atoms. The van der Waals surface area contributed by atoms with Crippen LogP contribution in [0.5, 0.6) is 0 Å². The smallest absolute Gasteiger partial charge is 0.326 e. The van der Waals surface area contributed by atoms with E-state index in [-0.39, 0.29) is 17.4 Å². The van der Waals surface area contributed by atoms with Gasteiger partial charge in [-0.1, -0.05) is 20.3 Å². The SMILES string of the molecule is CC[C@H](C)[C@H](NC(=O)c1nn(-c2ccc(F)cc2)cc1Br)C(=O)O. The number of nitrogens with zero attached hydrogens (tertiary/aromatic N) is 2. The van der Waals surface area contributed by atoms with E-state index in [2.05, 4.69) is 26.3 Å². The quantitative estimate of drug-likeness (QED) is 0.784. The lowest BCUT2D eigenvalue weighted by Crippen LogP contribution is -2.45. The van der Waals surface area contributed by atoms with Gasteiger partial charge >= 0.3 is 5.97 Å². The summed E-state index contributed by atoms with van der Waals surface area (Å²) in [6.45, 7) is 3.61. The highest BCUT2D eigenvalue weighted by Crippen LogP contribution is 2.19. The molecule has 0 spiro atoms. The Hall–Kier alpha value is -2.22. The first-order valence-electron chi connectivity index (χ1n) is 7.38. The number of hydrogen-bond acceptors (Lipinski definition) is 3. The molecule has 2 atom stereocenters. The fraction of sp³-hybridized carbons (Fsp3) is 0.312. The second-order valence-electron chi connectivity index (χ2n) is 5.42. The Bertz CT molecular complexity index is 746. The molecule has 1 aromatic heterocycles. The Morgan fingerprint density at radius 1 is 1.38 bits per heavy atom. The van der Waals surface area contributed by atoms with Gasteiger partial charge in [0.05, 0.1) is 10.2 Å². The summed E-state index contributed by atoms with van der Waals surface area (Å²) < 4.78 is 14.8. The molecular weight excluding hydrogens is 381 g/mol. The monoisotopic (exact) mass is 397 g/mol. The van der Waals surface area contributed by atoms with E-state index in [1.54, 1.807) is 13.1 Å². The normalized spacial score (nSPS) is 13.3. The maximum atomic E-state index is 13.0. The molecule has 0 bridgehead atoms. The lowest BCUT2D eigenvalue weighted by Gasteiger charge is -2.19. The molecule has 0 saturated carbocycles. The number of carboxylic acid groups (broad SMARTS) is 1. The third kappa shape index (κ3) is 4.00. The Morgan fingerprint density at radius 2 is 2.00 bits per heavy atom. The number of carbonyl (C=O) groups excluding carboxylic acids is 1. The second kappa shape index (κ2) is 7.57. The average Bonchev–Trinajstić information content (AvgIpc) is 2.94. The zero-order valence-corrected chi connectivity index (χ0v) is 14.7. The molecule has 0 aliphatic rings. The van der Waals surface area contributed by atoms with Crippen LogP contribution >= 0.6 is 15.9 Å². The zero-order chi connectivity index (χ0) is 17.9. The average molecular weight is 398 g/mol. The topological polar surface area (TPSA) is 84.2 Å². The van der Waals surface area contributed by atoms with Crippen LogP contribution < -0.4 is 5.32 Å². The van der Waals surface area contributed by atoms with Crippen LogP contribution in [0, 0.1) is 11.7 Å². The first-order chi connectivity index (χ1) is 11.3. The predicted molar refractivity (Wildman–Crippen MR) is 89.6 cm³/mol. The number of halogens is 2. The maximum Gasteiger partial charge on any atom is 0.326 e. The summed E-state index contributed by atoms with van der Waals surface area (Å²) in [5.41, 5.74) is 0.640. The van der Waals surface area contributed by atoms with E-state index < -0.39 is 17.9 Å². The summed E-state index contributed by atoms with van der Waals surface area (Å²) in [6.07, 6.45) is 2.17. The number of aliphatic carboxylic acids is 1. The second-order valence-corrected chi connectivity index (χ2v) is 6.28. The predicted octanol–water partition coefficient (Wildman–Crippen LogP) is 3.00. The number of benzene rings is 1. The van der Waals surface area contributed by atoms with Crippen LogP contribution in [0.15, 0.2) is 34.9 Å². The minimum Gasteiger partial charge on any atom is -0.480 e. The number of carbonyl (C=O) groups is 2. The van der Waals surface area contributed by atoms with Crippen molar-refractivity contribution >= 4 is 27.8 Å². The summed E-state index contributed by atoms with van der Waals surface area (Å²) >= 11 is 3.24. The van der Waals surface area contributed by atoms with E-state index in [0.29, 0.717) is 16.6 Å². The largest absolute Gasteiger partial charge is 0.480 e. The molecule has 1 aromatic carbocycles. The van der Waals surface area contributed by atoms with E-state index in [4.69, 9.17) is 0 Å². The Labute approximate surface area is 146 Å². The molecule has 6 nitrogen and oxygen atoms in total. The van der Waals surface area contributed by atoms with Crippen molar-refractivity contribution in [1.29, 1.82) is 0 Å². The lowest BCUT2D eigenvalue weighted by atomic mass is 9.99. The van der Waals surface area contributed by atoms with Gasteiger partial charge in [-0.2, -0.15) is 5.10 Å². The number of rotatable bonds is 6. The molecule has 2 aromatic rings. The molecule has 0 saturated heterocycles. The van der Waals surface area contributed by atoms with Crippen molar-refractivity contribution in [3.8, 4) is 5.69 Å². The molecule has 0 fully saturated rings. The summed E-state index contributed by atoms with van der Waals surface area (Å²) in [7, 11) is 0. The summed E-state index contributed by atoms with van der Waals surface area (Å²) in [5.74, 6) is -2.27. The number of nitrogens with one attached hydrogen (secondary N) is 1. The van der Waals surface area contributed by atoms with Crippen LogP contribution in [0.3, 0.4) is 0 Å². The third-order valence-electron chi connectivity index (χ3n) is 3.74. The van der Waals surface area contributed by atoms with E-state index in [1.165, 1.54) is 28.9 Å². The van der Waals surface area contributed by atoms with Gasteiger partial charge in [-0.15, -0.1) is 0 Å². The number of amides is 1. The maximum absolute atomic E-state index is 13.0. The van der Waals surface area contributed by atoms with Crippen LogP contribution in [-0.2, 0) is 4.79 Å². The van der Waals surface area contributed by atoms with Crippen LogP contribution in [0.4, 0.5) is 4.39 Å². The van der Waals surface area contributed by atoms with Gasteiger partial charge in [-0.3, -0.25) is 4.79 Å². The fourth-order valence-electron chi connectivity index (χ4n) is 2.13. The number of carboxylic acids is 1. The van der Waals surface area contributed by atoms with Crippen LogP contribution in [0.2, 0.25) is 0 Å². The highest BCUT2D eigenvalue weighted by atomic mass is 79.9. The molecular formula is C16H17BrFN3O3. The van der Waals surface area contributed by atoms with Crippen molar-refractivity contribution in [3.05, 3.63) is 46.4 Å². The number of aromatic nitrogens is 2. The van der Waals surface area contributed by atoms with E-state index in [1.807, 2.05) is 6.92 Å². The molecule has 8 heteroatoms. The molecule has 0 unspecified atom stereocenters. The van der Waals surface area contributed by atoms with Crippen molar-refractivity contribution in [3.63, 3.8) is 0 Å². The molecule has 0 radical (unpaired) electrons. The Morgan fingerprint density at radius 3 is 2.54 bits per heavy atom. The molecule has 2 N–H and O–H groups in total. The third-order valence-corrected chi connectivity index (χ3v) is 4.32. The van der Waals surface area contributed by atoms with Crippen LogP contribution in [0.1, 0.15) is 30.8 Å². The van der Waals surface area contributed by atoms with Crippen molar-refractivity contribution in [2.45, 2.75) is 26.3 Å². The first-order valence-corrected chi connectivity index (χ1v) is 8.17. The van der Waals surface area contributed by atoms with Gasteiger partial charge < -0.3 is 10.4 Å². The Kier molecular flexibility index (Phi) is 5.71. The van der Waals surface area contributed by atoms with Crippen molar-refractivity contribution in [1.82, 2.24) is 15.1 Å². The van der Waals surface area contributed by atoms with Crippen LogP contribution in [0.25, 0.3) is 5.69 Å². The van der Waals surface area contributed by atoms with Crippen molar-refractivity contribution in [2.24, 2.45) is 5.92 Å². The minimum atomic E-state index is -1.09. The summed E-state index contributed by atoms with van der Waals surface area (Å²) in [6, 6.07) is 4.62. The number of hydrogen-bond donors (Lipinski definition) is 2. The van der Waals surface area contributed by atoms with E-state index in [0.717, 1.165) is 0 Å². The summed E-state index contributed by atoms with van der Waals surface area (Å²) in [5, 5.41) is 15.9. The van der Waals surface area contributed by atoms with Crippen LogP contribution in [-0.4, -0.2) is 32.8 Å². The molecule has 2 rings (SSSR count). The molecule has 0 aliphatic carbocycles. The first kappa shape index (κ1) is 18.1. The molecule has 128 valence electrons. The fourth-order valence-corrected chi connectivity index (χ4v) is 2.58. The van der Waals surface area contributed by atoms with Gasteiger partial charge in [0.2, 0.25) is 0 Å². The zero-order valence-electron chi connectivity index (χ0n) is 13.2. The van der Waals surface area contributed by atoms with Gasteiger partial charge in [0.25, 0.3) is 5.91 Å². The molecule has 1 amide bonds. The molecule has 0 aliphatic heterocycles. The highest BCUT2D eigenvalue weighted by Gasteiger charge is 2.27. The van der Waals surface area contributed by atoms with Crippen molar-refractivity contribution in [2.75, 3.05) is 0 Å². The van der Waals surface area contributed by atoms with Gasteiger partial charge in [-0.25, -0.2) is 13.9 Å². The standard InChI is InChI=1S/C16H17BrFN3O3/c1-3-9(2)13(16(23)24)19-15(22)14-12(17)8-21(20-14)11-6-4-10(18)5-7-11/h4-9,13H,3H2,1-2H3,(H,19,22)(H,23,24)/t9-,13-/m0/s1. The van der Waals surface area contributed by atoms with Gasteiger partial charge in [-0.05, 0) is 46.1 Å². The van der Waals surface area contributed by atoms with Gasteiger partial charge in [0, 0.05) is 6.20 Å². The van der Waals surface area contributed by atoms with Gasteiger partial charge in [0.1, 0.15) is 11.9 Å². The van der Waals surface area contributed by atoms with E-state index in [9.17, 15) is 19.1 Å². The highest BCUT2D eigenvalue weighted by molar-refractivity contribution is 9.10. The summed E-state index contributed by atoms with van der Waals surface area (Å²) in [4.78, 5) is 23.7.